The monoisotopic (exact) mass is 296 g/mol. The highest BCUT2D eigenvalue weighted by atomic mass is 35.5. The van der Waals surface area contributed by atoms with E-state index in [1.165, 1.54) is 11.1 Å². The van der Waals surface area contributed by atoms with Crippen molar-refractivity contribution in [2.24, 2.45) is 0 Å². The van der Waals surface area contributed by atoms with E-state index in [1.54, 1.807) is 0 Å². The Balaban J connectivity index is 0.00000200. The lowest BCUT2D eigenvalue weighted by molar-refractivity contribution is -0.132. The fraction of sp³-hybridized carbons (Fsp3) is 0.562. The molecular formula is C16H25ClN2O. The molecule has 0 aliphatic heterocycles. The zero-order valence-electron chi connectivity index (χ0n) is 12.4. The van der Waals surface area contributed by atoms with Gasteiger partial charge in [-0.15, -0.1) is 12.4 Å². The lowest BCUT2D eigenvalue weighted by atomic mass is 9.87. The first-order valence-corrected chi connectivity index (χ1v) is 7.19. The molecule has 1 amide bonds. The number of hydrogen-bond acceptors (Lipinski definition) is 2. The normalized spacial score (nSPS) is 17.0. The molecule has 0 saturated heterocycles. The van der Waals surface area contributed by atoms with Crippen LogP contribution in [-0.2, 0) is 17.6 Å². The second-order valence-electron chi connectivity index (χ2n) is 5.38. The second-order valence-corrected chi connectivity index (χ2v) is 5.38. The van der Waals surface area contributed by atoms with Gasteiger partial charge in [0.15, 0.2) is 0 Å². The van der Waals surface area contributed by atoms with Crippen molar-refractivity contribution in [3.8, 4) is 0 Å². The molecule has 4 heteroatoms. The van der Waals surface area contributed by atoms with Crippen molar-refractivity contribution in [1.82, 2.24) is 10.2 Å². The van der Waals surface area contributed by atoms with Gasteiger partial charge in [-0.3, -0.25) is 4.79 Å². The van der Waals surface area contributed by atoms with E-state index in [2.05, 4.69) is 29.6 Å². The summed E-state index contributed by atoms with van der Waals surface area (Å²) in [4.78, 5) is 14.1. The standard InChI is InChI=1S/C16H24N2O.ClH/c1-17-11-5-8-16(19)18(2)15-10-9-13-6-3-4-7-14(13)12-15;/h3-4,6-7,15,17H,5,8-12H2,1-2H3;1H. The Morgan fingerprint density at radius 2 is 2.05 bits per heavy atom. The summed E-state index contributed by atoms with van der Waals surface area (Å²) < 4.78 is 0. The number of aryl methyl sites for hydroxylation is 1. The van der Waals surface area contributed by atoms with E-state index in [0.29, 0.717) is 12.5 Å². The van der Waals surface area contributed by atoms with Gasteiger partial charge in [0.1, 0.15) is 0 Å². The van der Waals surface area contributed by atoms with Crippen LogP contribution in [-0.4, -0.2) is 37.5 Å². The van der Waals surface area contributed by atoms with Crippen molar-refractivity contribution in [3.05, 3.63) is 35.4 Å². The number of halogens is 1. The van der Waals surface area contributed by atoms with E-state index in [0.717, 1.165) is 32.2 Å². The topological polar surface area (TPSA) is 32.3 Å². The predicted molar refractivity (Wildman–Crippen MR) is 85.4 cm³/mol. The van der Waals surface area contributed by atoms with Gasteiger partial charge in [0.25, 0.3) is 0 Å². The van der Waals surface area contributed by atoms with Crippen LogP contribution in [0.25, 0.3) is 0 Å². The third kappa shape index (κ3) is 4.22. The van der Waals surface area contributed by atoms with Crippen molar-refractivity contribution < 1.29 is 4.79 Å². The van der Waals surface area contributed by atoms with Crippen molar-refractivity contribution in [2.45, 2.75) is 38.1 Å². The minimum Gasteiger partial charge on any atom is -0.342 e. The molecule has 1 aliphatic carbocycles. The molecule has 0 fully saturated rings. The number of nitrogens with zero attached hydrogens (tertiary/aromatic N) is 1. The summed E-state index contributed by atoms with van der Waals surface area (Å²) in [6.07, 6.45) is 4.75. The van der Waals surface area contributed by atoms with Gasteiger partial charge in [-0.2, -0.15) is 0 Å². The van der Waals surface area contributed by atoms with E-state index in [1.807, 2.05) is 19.0 Å². The molecule has 0 spiro atoms. The van der Waals surface area contributed by atoms with Crippen LogP contribution in [0.5, 0.6) is 0 Å². The number of hydrogen-bond donors (Lipinski definition) is 1. The van der Waals surface area contributed by atoms with Crippen LogP contribution in [0.15, 0.2) is 24.3 Å². The van der Waals surface area contributed by atoms with Crippen LogP contribution in [0.1, 0.15) is 30.4 Å². The van der Waals surface area contributed by atoms with Crippen LogP contribution >= 0.6 is 12.4 Å². The quantitative estimate of drug-likeness (QED) is 0.847. The number of carbonyl (C=O) groups is 1. The van der Waals surface area contributed by atoms with Gasteiger partial charge in [0.2, 0.25) is 5.91 Å². The van der Waals surface area contributed by atoms with Crippen molar-refractivity contribution in [1.29, 1.82) is 0 Å². The van der Waals surface area contributed by atoms with Gasteiger partial charge < -0.3 is 10.2 Å². The Labute approximate surface area is 128 Å². The third-order valence-electron chi connectivity index (χ3n) is 4.08. The van der Waals surface area contributed by atoms with Crippen LogP contribution in [0, 0.1) is 0 Å². The molecule has 1 unspecified atom stereocenters. The molecule has 0 radical (unpaired) electrons. The van der Waals surface area contributed by atoms with E-state index >= 15 is 0 Å². The molecule has 20 heavy (non-hydrogen) atoms. The Morgan fingerprint density at radius 3 is 2.75 bits per heavy atom. The zero-order valence-corrected chi connectivity index (χ0v) is 13.2. The highest BCUT2D eigenvalue weighted by Gasteiger charge is 2.24. The van der Waals surface area contributed by atoms with E-state index in [4.69, 9.17) is 0 Å². The third-order valence-corrected chi connectivity index (χ3v) is 4.08. The molecule has 0 aromatic heterocycles. The number of carbonyl (C=O) groups excluding carboxylic acids is 1. The Morgan fingerprint density at radius 1 is 1.35 bits per heavy atom. The molecule has 2 rings (SSSR count). The zero-order chi connectivity index (χ0) is 13.7. The number of rotatable bonds is 5. The maximum absolute atomic E-state index is 12.1. The molecule has 1 N–H and O–H groups in total. The molecule has 0 bridgehead atoms. The first-order valence-electron chi connectivity index (χ1n) is 7.19. The fourth-order valence-electron chi connectivity index (χ4n) is 2.81. The van der Waals surface area contributed by atoms with E-state index in [-0.39, 0.29) is 18.3 Å². The highest BCUT2D eigenvalue weighted by molar-refractivity contribution is 5.85. The largest absolute Gasteiger partial charge is 0.342 e. The number of benzene rings is 1. The van der Waals surface area contributed by atoms with Gasteiger partial charge in [0, 0.05) is 19.5 Å². The summed E-state index contributed by atoms with van der Waals surface area (Å²) in [6, 6.07) is 8.97. The van der Waals surface area contributed by atoms with Crippen molar-refractivity contribution in [2.75, 3.05) is 20.6 Å². The average molecular weight is 297 g/mol. The van der Waals surface area contributed by atoms with Crippen molar-refractivity contribution >= 4 is 18.3 Å². The van der Waals surface area contributed by atoms with Gasteiger partial charge in [-0.1, -0.05) is 24.3 Å². The molecule has 1 aromatic carbocycles. The molecule has 1 aliphatic rings. The summed E-state index contributed by atoms with van der Waals surface area (Å²) in [5.41, 5.74) is 2.86. The lowest BCUT2D eigenvalue weighted by Crippen LogP contribution is -2.40. The lowest BCUT2D eigenvalue weighted by Gasteiger charge is -2.32. The van der Waals surface area contributed by atoms with Gasteiger partial charge >= 0.3 is 0 Å². The molecule has 0 saturated carbocycles. The first kappa shape index (κ1) is 17.0. The number of amides is 1. The molecule has 1 atom stereocenters. The van der Waals surface area contributed by atoms with Crippen LogP contribution in [0.4, 0.5) is 0 Å². The average Bonchev–Trinajstić information content (AvgIpc) is 2.46. The highest BCUT2D eigenvalue weighted by Crippen LogP contribution is 2.24. The number of likely N-dealkylation sites (N-methyl/N-ethyl adjacent to an activating group) is 1. The van der Waals surface area contributed by atoms with Gasteiger partial charge in [-0.25, -0.2) is 0 Å². The summed E-state index contributed by atoms with van der Waals surface area (Å²) in [6.45, 7) is 0.910. The van der Waals surface area contributed by atoms with Crippen LogP contribution in [0.2, 0.25) is 0 Å². The summed E-state index contributed by atoms with van der Waals surface area (Å²) in [5.74, 6) is 0.277. The Kier molecular flexibility index (Phi) is 7.03. The van der Waals surface area contributed by atoms with E-state index in [9.17, 15) is 4.79 Å². The Bertz CT molecular complexity index is 436. The summed E-state index contributed by atoms with van der Waals surface area (Å²) >= 11 is 0. The maximum Gasteiger partial charge on any atom is 0.222 e. The molecular weight excluding hydrogens is 272 g/mol. The SMILES string of the molecule is CNCCCC(=O)N(C)C1CCc2ccccc2C1.Cl. The number of fused-ring (bicyclic) bond motifs is 1. The fourth-order valence-corrected chi connectivity index (χ4v) is 2.81. The van der Waals surface area contributed by atoms with Gasteiger partial charge in [0.05, 0.1) is 0 Å². The molecule has 3 nitrogen and oxygen atoms in total. The maximum atomic E-state index is 12.1. The minimum atomic E-state index is 0. The second kappa shape index (κ2) is 8.28. The van der Waals surface area contributed by atoms with Crippen molar-refractivity contribution in [3.63, 3.8) is 0 Å². The first-order chi connectivity index (χ1) is 9.22. The Hall–Kier alpha value is -1.06. The smallest absolute Gasteiger partial charge is 0.222 e. The predicted octanol–water partition coefficient (Wildman–Crippen LogP) is 2.42. The summed E-state index contributed by atoms with van der Waals surface area (Å²) in [5, 5.41) is 3.08. The molecule has 0 heterocycles. The van der Waals surface area contributed by atoms with Crippen LogP contribution in [0.3, 0.4) is 0 Å². The van der Waals surface area contributed by atoms with Gasteiger partial charge in [-0.05, 0) is 50.4 Å². The van der Waals surface area contributed by atoms with Crippen LogP contribution < -0.4 is 5.32 Å². The summed E-state index contributed by atoms with van der Waals surface area (Å²) in [7, 11) is 3.88. The minimum absolute atomic E-state index is 0. The van der Waals surface area contributed by atoms with E-state index < -0.39 is 0 Å². The molecule has 1 aromatic rings. The number of nitrogens with one attached hydrogen (secondary N) is 1. The molecule has 112 valence electrons.